The van der Waals surface area contributed by atoms with Crippen molar-refractivity contribution in [3.63, 3.8) is 0 Å². The third-order valence-electron chi connectivity index (χ3n) is 4.47. The third kappa shape index (κ3) is 5.21. The first kappa shape index (κ1) is 19.2. The minimum atomic E-state index is -1.01. The van der Waals surface area contributed by atoms with Gasteiger partial charge in [0.15, 0.2) is 11.7 Å². The second-order valence-electron chi connectivity index (χ2n) is 6.61. The van der Waals surface area contributed by atoms with Crippen LogP contribution in [0.25, 0.3) is 0 Å². The molecular weight excluding hydrogens is 360 g/mol. The Hall–Kier alpha value is -2.57. The number of nitrogens with one attached hydrogen (secondary N) is 2. The number of benzene rings is 2. The van der Waals surface area contributed by atoms with Crippen molar-refractivity contribution in [3.8, 4) is 0 Å². The molecule has 0 fully saturated rings. The highest BCUT2D eigenvalue weighted by Crippen LogP contribution is 2.21. The molecule has 0 radical (unpaired) electrons. The van der Waals surface area contributed by atoms with Gasteiger partial charge in [-0.05, 0) is 36.1 Å². The van der Waals surface area contributed by atoms with Gasteiger partial charge in [-0.2, -0.15) is 0 Å². The molecule has 0 bridgehead atoms. The number of aliphatic imine (C=N–C) groups is 2. The molecule has 6 N–H and O–H groups in total. The fourth-order valence-corrected chi connectivity index (χ4v) is 3.16. The van der Waals surface area contributed by atoms with Gasteiger partial charge in [0, 0.05) is 11.4 Å². The fourth-order valence-electron chi connectivity index (χ4n) is 3.03. The zero-order chi connectivity index (χ0) is 19.3. The van der Waals surface area contributed by atoms with Gasteiger partial charge in [0.05, 0.1) is 6.04 Å². The average Bonchev–Trinajstić information content (AvgIpc) is 2.66. The number of rotatable bonds is 6. The summed E-state index contributed by atoms with van der Waals surface area (Å²) < 4.78 is 0. The van der Waals surface area contributed by atoms with Gasteiger partial charge in [-0.15, -0.1) is 0 Å². The minimum absolute atomic E-state index is 0.00705. The Bertz CT molecular complexity index is 818. The van der Waals surface area contributed by atoms with Crippen LogP contribution < -0.4 is 22.1 Å². The van der Waals surface area contributed by atoms with Crippen LogP contribution in [-0.4, -0.2) is 17.7 Å². The maximum atomic E-state index is 6.45. The van der Waals surface area contributed by atoms with Crippen molar-refractivity contribution >= 4 is 23.5 Å². The lowest BCUT2D eigenvalue weighted by molar-refractivity contribution is 0.368. The molecule has 1 unspecified atom stereocenters. The van der Waals surface area contributed by atoms with Crippen LogP contribution in [0.3, 0.4) is 0 Å². The number of guanidine groups is 2. The zero-order valence-electron chi connectivity index (χ0n) is 15.3. The fraction of sp³-hybridized carbons (Fsp3) is 0.300. The lowest BCUT2D eigenvalue weighted by Gasteiger charge is -2.33. The van der Waals surface area contributed by atoms with Gasteiger partial charge in [0.25, 0.3) is 0 Å². The van der Waals surface area contributed by atoms with Crippen LogP contribution in [0.4, 0.5) is 0 Å². The maximum Gasteiger partial charge on any atom is 0.201 e. The van der Waals surface area contributed by atoms with Gasteiger partial charge < -0.3 is 11.1 Å². The highest BCUT2D eigenvalue weighted by molar-refractivity contribution is 6.30. The molecule has 1 heterocycles. The Morgan fingerprint density at radius 1 is 1.15 bits per heavy atom. The quantitative estimate of drug-likeness (QED) is 0.615. The van der Waals surface area contributed by atoms with Crippen molar-refractivity contribution in [1.29, 1.82) is 0 Å². The first-order valence-electron chi connectivity index (χ1n) is 9.04. The summed E-state index contributed by atoms with van der Waals surface area (Å²) in [6, 6.07) is 17.8. The van der Waals surface area contributed by atoms with Crippen LogP contribution in [0.5, 0.6) is 0 Å². The topological polar surface area (TPSA) is 101 Å². The molecule has 2 aromatic rings. The van der Waals surface area contributed by atoms with Crippen molar-refractivity contribution in [3.05, 3.63) is 70.7 Å². The van der Waals surface area contributed by atoms with Crippen LogP contribution >= 0.6 is 11.6 Å². The van der Waals surface area contributed by atoms with Crippen molar-refractivity contribution in [2.24, 2.45) is 21.5 Å². The average molecular weight is 385 g/mol. The lowest BCUT2D eigenvalue weighted by atomic mass is 10.1. The normalized spacial score (nSPS) is 21.9. The summed E-state index contributed by atoms with van der Waals surface area (Å²) in [6.07, 6.45) is 2.16. The summed E-state index contributed by atoms with van der Waals surface area (Å²) in [5, 5.41) is 6.89. The summed E-state index contributed by atoms with van der Waals surface area (Å²) in [6.45, 7) is 2.10. The first-order chi connectivity index (χ1) is 13.0. The molecule has 6 nitrogen and oxygen atoms in total. The molecule has 3 rings (SSSR count). The molecule has 0 saturated heterocycles. The number of halogens is 1. The van der Waals surface area contributed by atoms with Crippen molar-refractivity contribution in [2.45, 2.75) is 38.0 Å². The molecule has 1 aliphatic rings. The Kier molecular flexibility index (Phi) is 5.98. The monoisotopic (exact) mass is 384 g/mol. The van der Waals surface area contributed by atoms with E-state index in [0.717, 1.165) is 24.0 Å². The summed E-state index contributed by atoms with van der Waals surface area (Å²) in [7, 11) is 0. The summed E-state index contributed by atoms with van der Waals surface area (Å²) in [5.74, 6) is -0.214. The highest BCUT2D eigenvalue weighted by atomic mass is 35.5. The molecule has 2 aromatic carbocycles. The Morgan fingerprint density at radius 3 is 2.52 bits per heavy atom. The lowest BCUT2D eigenvalue weighted by Crippen LogP contribution is -2.65. The molecule has 0 spiro atoms. The minimum Gasteiger partial charge on any atom is -0.370 e. The number of hydrogen-bond donors (Lipinski definition) is 4. The summed E-state index contributed by atoms with van der Waals surface area (Å²) in [5.41, 5.74) is 14.7. The highest BCUT2D eigenvalue weighted by Gasteiger charge is 2.30. The van der Waals surface area contributed by atoms with E-state index in [1.807, 2.05) is 42.5 Å². The van der Waals surface area contributed by atoms with Crippen LogP contribution in [0.2, 0.25) is 5.02 Å². The van der Waals surface area contributed by atoms with Crippen LogP contribution in [0, 0.1) is 0 Å². The van der Waals surface area contributed by atoms with E-state index < -0.39 is 5.79 Å². The molecule has 0 amide bonds. The van der Waals surface area contributed by atoms with Gasteiger partial charge in [0.2, 0.25) is 5.96 Å². The predicted molar refractivity (Wildman–Crippen MR) is 111 cm³/mol. The van der Waals surface area contributed by atoms with E-state index in [9.17, 15) is 0 Å². The van der Waals surface area contributed by atoms with E-state index in [0.29, 0.717) is 17.4 Å². The third-order valence-corrected chi connectivity index (χ3v) is 4.72. The van der Waals surface area contributed by atoms with Crippen molar-refractivity contribution < 1.29 is 0 Å². The van der Waals surface area contributed by atoms with Gasteiger partial charge in [-0.1, -0.05) is 61.0 Å². The summed E-state index contributed by atoms with van der Waals surface area (Å²) >= 11 is 5.94. The molecule has 27 heavy (non-hydrogen) atoms. The number of nitrogens with two attached hydrogens (primary N) is 2. The SMILES string of the molecule is CC[C@H](N=C1NC(N)=NC(N)(CCc2ccc(Cl)cc2)N1)c1ccccc1. The molecule has 0 saturated carbocycles. The molecule has 0 aliphatic carbocycles. The Balaban J connectivity index is 1.74. The van der Waals surface area contributed by atoms with E-state index >= 15 is 0 Å². The molecule has 7 heteroatoms. The van der Waals surface area contributed by atoms with Gasteiger partial charge >= 0.3 is 0 Å². The zero-order valence-corrected chi connectivity index (χ0v) is 16.1. The van der Waals surface area contributed by atoms with E-state index in [-0.39, 0.29) is 12.0 Å². The van der Waals surface area contributed by atoms with Gasteiger partial charge in [0.1, 0.15) is 0 Å². The van der Waals surface area contributed by atoms with Crippen LogP contribution in [-0.2, 0) is 6.42 Å². The van der Waals surface area contributed by atoms with E-state index in [4.69, 9.17) is 28.1 Å². The van der Waals surface area contributed by atoms with Crippen molar-refractivity contribution in [2.75, 3.05) is 0 Å². The second kappa shape index (κ2) is 8.41. The Morgan fingerprint density at radius 2 is 1.85 bits per heavy atom. The predicted octanol–water partition coefficient (Wildman–Crippen LogP) is 2.90. The Labute approximate surface area is 164 Å². The number of hydrogen-bond acceptors (Lipinski definition) is 4. The number of nitrogens with zero attached hydrogens (tertiary/aromatic N) is 2. The van der Waals surface area contributed by atoms with E-state index in [1.54, 1.807) is 0 Å². The van der Waals surface area contributed by atoms with Crippen LogP contribution in [0.1, 0.15) is 36.9 Å². The van der Waals surface area contributed by atoms with Gasteiger partial charge in [-0.25, -0.2) is 9.98 Å². The molecular formula is C20H25ClN6. The standard InChI is InChI=1S/C20H25ClN6/c1-2-17(15-6-4-3-5-7-15)24-19-25-18(22)26-20(23,27-19)13-12-14-8-10-16(21)11-9-14/h3-11,17H,2,12-13,23H2,1H3,(H4,22,24,25,26,27)/t17-,20?/m0/s1. The smallest absolute Gasteiger partial charge is 0.201 e. The maximum absolute atomic E-state index is 6.45. The summed E-state index contributed by atoms with van der Waals surface area (Å²) in [4.78, 5) is 9.12. The second-order valence-corrected chi connectivity index (χ2v) is 7.05. The largest absolute Gasteiger partial charge is 0.370 e. The van der Waals surface area contributed by atoms with Crippen molar-refractivity contribution in [1.82, 2.24) is 10.6 Å². The molecule has 2 atom stereocenters. The van der Waals surface area contributed by atoms with Crippen LogP contribution in [0.15, 0.2) is 64.6 Å². The first-order valence-corrected chi connectivity index (χ1v) is 9.42. The molecule has 0 aromatic heterocycles. The van der Waals surface area contributed by atoms with E-state index in [1.165, 1.54) is 0 Å². The molecule has 142 valence electrons. The van der Waals surface area contributed by atoms with Gasteiger partial charge in [-0.3, -0.25) is 11.1 Å². The van der Waals surface area contributed by atoms with E-state index in [2.05, 4.69) is 34.7 Å². The molecule has 1 aliphatic heterocycles. The number of aryl methyl sites for hydroxylation is 1.